The van der Waals surface area contributed by atoms with Crippen LogP contribution in [0.4, 0.5) is 0 Å². The van der Waals surface area contributed by atoms with Gasteiger partial charge in [0.05, 0.1) is 6.61 Å². The number of hydrazine groups is 1. The van der Waals surface area contributed by atoms with Gasteiger partial charge in [-0.2, -0.15) is 0 Å². The van der Waals surface area contributed by atoms with E-state index in [4.69, 9.17) is 19.6 Å². The zero-order valence-corrected chi connectivity index (χ0v) is 26.7. The minimum absolute atomic E-state index is 0.0742. The van der Waals surface area contributed by atoms with Gasteiger partial charge < -0.3 is 14.6 Å². The molecule has 5 rings (SSSR count). The van der Waals surface area contributed by atoms with Crippen molar-refractivity contribution in [3.63, 3.8) is 0 Å². The van der Waals surface area contributed by atoms with Gasteiger partial charge in [-0.1, -0.05) is 86.5 Å². The van der Waals surface area contributed by atoms with Gasteiger partial charge in [-0.25, -0.2) is 10.4 Å². The van der Waals surface area contributed by atoms with Crippen molar-refractivity contribution in [2.75, 3.05) is 19.8 Å². The highest BCUT2D eigenvalue weighted by molar-refractivity contribution is 9.10. The number of carbonyl (C=O) groups is 1. The molecule has 4 aromatic carbocycles. The molecule has 0 bridgehead atoms. The summed E-state index contributed by atoms with van der Waals surface area (Å²) in [4.78, 5) is 19.3. The number of hydrogen-bond donors (Lipinski definition) is 3. The van der Waals surface area contributed by atoms with Gasteiger partial charge in [0, 0.05) is 40.5 Å². The fourth-order valence-corrected chi connectivity index (χ4v) is 5.46. The van der Waals surface area contributed by atoms with E-state index >= 15 is 0 Å². The second-order valence-corrected chi connectivity index (χ2v) is 12.1. The van der Waals surface area contributed by atoms with Crippen LogP contribution in [0.5, 0.6) is 5.75 Å². The fourth-order valence-electron chi connectivity index (χ4n) is 4.94. The standard InChI is InChI=1S/C34H33Br2N3O4/c35-28-13-7-24(8-14-28)19-20-37-39-33(41)34(23-25-5-2-1-3-6-25)31(26-9-15-29(36)16-10-26)43-32(38-34)27-11-17-30(18-12-27)42-22-4-21-40/h1-3,5-18,31,37,40H,4,19-23H2,(H,39,41)/t31-,34-/m0/s1. The van der Waals surface area contributed by atoms with E-state index in [0.717, 1.165) is 37.6 Å². The first-order valence-electron chi connectivity index (χ1n) is 14.1. The largest absolute Gasteiger partial charge is 0.494 e. The van der Waals surface area contributed by atoms with E-state index in [9.17, 15) is 4.79 Å². The summed E-state index contributed by atoms with van der Waals surface area (Å²) in [6, 6.07) is 33.2. The van der Waals surface area contributed by atoms with Crippen LogP contribution in [0.15, 0.2) is 117 Å². The molecule has 0 unspecified atom stereocenters. The number of aliphatic imine (C=N–C) groups is 1. The van der Waals surface area contributed by atoms with Gasteiger partial charge in [0.25, 0.3) is 5.91 Å². The van der Waals surface area contributed by atoms with Crippen LogP contribution >= 0.6 is 31.9 Å². The summed E-state index contributed by atoms with van der Waals surface area (Å²) in [6.07, 6.45) is 0.957. The van der Waals surface area contributed by atoms with Crippen molar-refractivity contribution in [1.82, 2.24) is 10.9 Å². The van der Waals surface area contributed by atoms with Crippen LogP contribution in [0, 0.1) is 0 Å². The molecule has 0 saturated heterocycles. The van der Waals surface area contributed by atoms with Crippen LogP contribution in [0.1, 0.15) is 34.8 Å². The lowest BCUT2D eigenvalue weighted by Gasteiger charge is -2.31. The van der Waals surface area contributed by atoms with Crippen LogP contribution in [-0.4, -0.2) is 42.2 Å². The summed E-state index contributed by atoms with van der Waals surface area (Å²) >= 11 is 6.99. The Kier molecular flexibility index (Phi) is 10.6. The summed E-state index contributed by atoms with van der Waals surface area (Å²) in [5, 5.41) is 9.04. The van der Waals surface area contributed by atoms with Crippen LogP contribution in [0.2, 0.25) is 0 Å². The maximum absolute atomic E-state index is 14.2. The minimum Gasteiger partial charge on any atom is -0.494 e. The molecule has 1 heterocycles. The van der Waals surface area contributed by atoms with Crippen molar-refractivity contribution in [3.05, 3.63) is 134 Å². The molecule has 0 saturated carbocycles. The average molecular weight is 707 g/mol. The molecule has 7 nitrogen and oxygen atoms in total. The van der Waals surface area contributed by atoms with E-state index < -0.39 is 11.6 Å². The Labute approximate surface area is 268 Å². The number of hydrogen-bond acceptors (Lipinski definition) is 6. The first kappa shape index (κ1) is 30.9. The summed E-state index contributed by atoms with van der Waals surface area (Å²) in [6.45, 7) is 1.05. The zero-order valence-electron chi connectivity index (χ0n) is 23.5. The molecule has 1 aliphatic heterocycles. The van der Waals surface area contributed by atoms with Gasteiger partial charge in [0.1, 0.15) is 5.75 Å². The van der Waals surface area contributed by atoms with Crippen LogP contribution in [-0.2, 0) is 22.4 Å². The molecule has 0 radical (unpaired) electrons. The number of halogens is 2. The lowest BCUT2D eigenvalue weighted by molar-refractivity contribution is -0.130. The molecule has 3 N–H and O–H groups in total. The number of carbonyl (C=O) groups excluding carboxylic acids is 1. The third-order valence-electron chi connectivity index (χ3n) is 7.17. The molecule has 0 fully saturated rings. The number of nitrogens with one attached hydrogen (secondary N) is 2. The third-order valence-corrected chi connectivity index (χ3v) is 8.23. The van der Waals surface area contributed by atoms with Gasteiger partial charge in [-0.15, -0.1) is 0 Å². The van der Waals surface area contributed by atoms with Crippen molar-refractivity contribution in [2.45, 2.75) is 30.9 Å². The van der Waals surface area contributed by atoms with E-state index in [2.05, 4.69) is 54.8 Å². The van der Waals surface area contributed by atoms with Crippen LogP contribution in [0.3, 0.4) is 0 Å². The third kappa shape index (κ3) is 7.92. The fraction of sp³-hybridized carbons (Fsp3) is 0.235. The van der Waals surface area contributed by atoms with E-state index in [0.29, 0.717) is 37.6 Å². The summed E-state index contributed by atoms with van der Waals surface area (Å²) in [7, 11) is 0. The number of aliphatic hydroxyl groups excluding tert-OH is 1. The maximum atomic E-state index is 14.2. The summed E-state index contributed by atoms with van der Waals surface area (Å²) < 4.78 is 14.2. The normalized spacial score (nSPS) is 17.7. The van der Waals surface area contributed by atoms with Gasteiger partial charge in [-0.3, -0.25) is 10.2 Å². The van der Waals surface area contributed by atoms with E-state index in [1.165, 1.54) is 0 Å². The quantitative estimate of drug-likeness (QED) is 0.112. The SMILES string of the molecule is O=C(NNCCc1ccc(Br)cc1)[C@@]1(Cc2ccccc2)N=C(c2ccc(OCCCO)cc2)O[C@H]1c1ccc(Br)cc1. The lowest BCUT2D eigenvalue weighted by Crippen LogP contribution is -2.54. The van der Waals surface area contributed by atoms with Crippen LogP contribution < -0.4 is 15.6 Å². The molecule has 9 heteroatoms. The maximum Gasteiger partial charge on any atom is 0.266 e. The predicted molar refractivity (Wildman–Crippen MR) is 175 cm³/mol. The molecule has 222 valence electrons. The van der Waals surface area contributed by atoms with Gasteiger partial charge in [-0.05, 0) is 71.6 Å². The Hall–Kier alpha value is -3.50. The highest BCUT2D eigenvalue weighted by Crippen LogP contribution is 2.42. The van der Waals surface area contributed by atoms with Crippen molar-refractivity contribution in [1.29, 1.82) is 0 Å². The van der Waals surface area contributed by atoms with Crippen LogP contribution in [0.25, 0.3) is 0 Å². The minimum atomic E-state index is -1.29. The molecule has 4 aromatic rings. The van der Waals surface area contributed by atoms with Gasteiger partial charge >= 0.3 is 0 Å². The monoisotopic (exact) mass is 705 g/mol. The molecule has 2 atom stereocenters. The van der Waals surface area contributed by atoms with E-state index in [1.807, 2.05) is 91.0 Å². The van der Waals surface area contributed by atoms with Crippen molar-refractivity contribution >= 4 is 43.7 Å². The first-order chi connectivity index (χ1) is 21.0. The Morgan fingerprint density at radius 2 is 1.56 bits per heavy atom. The van der Waals surface area contributed by atoms with Gasteiger partial charge in [0.15, 0.2) is 11.6 Å². The number of amides is 1. The number of benzene rings is 4. The number of aliphatic hydroxyl groups is 1. The molecule has 0 aromatic heterocycles. The Morgan fingerprint density at radius 1 is 0.884 bits per heavy atom. The van der Waals surface area contributed by atoms with E-state index in [-0.39, 0.29) is 12.5 Å². The predicted octanol–water partition coefficient (Wildman–Crippen LogP) is 6.34. The zero-order chi connectivity index (χ0) is 30.1. The van der Waals surface area contributed by atoms with Crippen molar-refractivity contribution < 1.29 is 19.4 Å². The molecular formula is C34H33Br2N3O4. The number of rotatable bonds is 13. The highest BCUT2D eigenvalue weighted by atomic mass is 79.9. The Bertz CT molecular complexity index is 1510. The topological polar surface area (TPSA) is 92.2 Å². The Balaban J connectivity index is 1.45. The summed E-state index contributed by atoms with van der Waals surface area (Å²) in [5.74, 6) is 0.790. The van der Waals surface area contributed by atoms with E-state index in [1.54, 1.807) is 0 Å². The number of nitrogens with zero attached hydrogens (tertiary/aromatic N) is 1. The second-order valence-electron chi connectivity index (χ2n) is 10.3. The number of ether oxygens (including phenoxy) is 2. The van der Waals surface area contributed by atoms with Crippen molar-refractivity contribution in [3.8, 4) is 5.75 Å². The Morgan fingerprint density at radius 3 is 2.23 bits per heavy atom. The second kappa shape index (κ2) is 14.8. The average Bonchev–Trinajstić information content (AvgIpc) is 3.41. The molecule has 1 aliphatic rings. The molecule has 0 aliphatic carbocycles. The van der Waals surface area contributed by atoms with Gasteiger partial charge in [0.2, 0.25) is 5.90 Å². The molecule has 43 heavy (non-hydrogen) atoms. The van der Waals surface area contributed by atoms with Crippen molar-refractivity contribution in [2.24, 2.45) is 4.99 Å². The molecular weight excluding hydrogens is 674 g/mol. The summed E-state index contributed by atoms with van der Waals surface area (Å²) in [5.41, 5.74) is 8.50. The lowest BCUT2D eigenvalue weighted by atomic mass is 9.82. The smallest absolute Gasteiger partial charge is 0.266 e. The molecule has 1 amide bonds. The first-order valence-corrected chi connectivity index (χ1v) is 15.7. The molecule has 0 spiro atoms. The highest BCUT2D eigenvalue weighted by Gasteiger charge is 2.53.